The van der Waals surface area contributed by atoms with Gasteiger partial charge in [0.15, 0.2) is 5.78 Å². The van der Waals surface area contributed by atoms with E-state index >= 15 is 0 Å². The number of Topliss-reactive ketones (excluding diaryl/α,β-unsaturated/α-hetero) is 1. The molecular weight excluding hydrogens is 476 g/mol. The largest absolute Gasteiger partial charge is 0.507 e. The van der Waals surface area contributed by atoms with Crippen LogP contribution in [0.15, 0.2) is 65.3 Å². The van der Waals surface area contributed by atoms with Crippen molar-refractivity contribution in [3.63, 3.8) is 0 Å². The minimum Gasteiger partial charge on any atom is -0.507 e. The lowest BCUT2D eigenvalue weighted by atomic mass is 9.70. The van der Waals surface area contributed by atoms with Crippen LogP contribution in [0.1, 0.15) is 118 Å². The van der Waals surface area contributed by atoms with Crippen LogP contribution in [0, 0.1) is 10.8 Å². The molecule has 0 radical (unpaired) electrons. The van der Waals surface area contributed by atoms with Gasteiger partial charge in [0.05, 0.1) is 0 Å². The van der Waals surface area contributed by atoms with Gasteiger partial charge < -0.3 is 5.11 Å². The Morgan fingerprint density at radius 1 is 0.641 bits per heavy atom. The summed E-state index contributed by atoms with van der Waals surface area (Å²) in [4.78, 5) is 13.8. The van der Waals surface area contributed by atoms with Gasteiger partial charge in [-0.1, -0.05) is 114 Å². The summed E-state index contributed by atoms with van der Waals surface area (Å²) in [6.07, 6.45) is 5.20. The summed E-state index contributed by atoms with van der Waals surface area (Å²) in [5.74, 6) is 0.510. The van der Waals surface area contributed by atoms with E-state index in [1.165, 1.54) is 5.56 Å². The third-order valence-electron chi connectivity index (χ3n) is 7.66. The van der Waals surface area contributed by atoms with Crippen LogP contribution in [0.2, 0.25) is 0 Å². The Bertz CT molecular complexity index is 1280. The van der Waals surface area contributed by atoms with Gasteiger partial charge in [0.2, 0.25) is 0 Å². The number of allylic oxidation sites excluding steroid dienone is 5. The van der Waals surface area contributed by atoms with E-state index in [1.54, 1.807) is 0 Å². The molecule has 0 spiro atoms. The van der Waals surface area contributed by atoms with Crippen molar-refractivity contribution in [1.82, 2.24) is 0 Å². The lowest BCUT2D eigenvalue weighted by Gasteiger charge is -2.32. The molecule has 210 valence electrons. The molecular formula is C37H50O2. The second-order valence-corrected chi connectivity index (χ2v) is 15.2. The monoisotopic (exact) mass is 526 g/mol. The lowest BCUT2D eigenvalue weighted by molar-refractivity contribution is -0.114. The lowest BCUT2D eigenvalue weighted by Crippen LogP contribution is -2.28. The predicted octanol–water partition coefficient (Wildman–Crippen LogP) is 9.88. The quantitative estimate of drug-likeness (QED) is 0.432. The molecule has 0 amide bonds. The molecule has 0 saturated carbocycles. The highest BCUT2D eigenvalue weighted by Crippen LogP contribution is 2.45. The zero-order valence-electron chi connectivity index (χ0n) is 26.7. The molecule has 0 aromatic heterocycles. The number of aryl methyl sites for hydroxylation is 1. The summed E-state index contributed by atoms with van der Waals surface area (Å²) in [6.45, 7) is 27.8. The standard InChI is InChI=1S/C37H50O2/c1-14-23-15-17-24(18-16-23)31(25-19-27(34(2,3)4)32(38)28(20-25)35(5,6)7)26-21-29(36(8,9)10)33(39)30(22-26)37(11,12)13/h15-22,38H,14H2,1-13H3. The van der Waals surface area contributed by atoms with Crippen LogP contribution in [0.4, 0.5) is 0 Å². The Hall–Kier alpha value is -2.87. The Morgan fingerprint density at radius 2 is 1.05 bits per heavy atom. The molecule has 0 saturated heterocycles. The first-order valence-corrected chi connectivity index (χ1v) is 14.4. The van der Waals surface area contributed by atoms with Gasteiger partial charge in [0, 0.05) is 22.3 Å². The average Bonchev–Trinajstić information content (AvgIpc) is 2.78. The molecule has 3 rings (SSSR count). The number of hydrogen-bond donors (Lipinski definition) is 1. The van der Waals surface area contributed by atoms with Crippen LogP contribution in [-0.2, 0) is 22.0 Å². The molecule has 0 aliphatic heterocycles. The van der Waals surface area contributed by atoms with Gasteiger partial charge in [-0.25, -0.2) is 0 Å². The molecule has 1 N–H and O–H groups in total. The number of aromatic hydroxyl groups is 1. The molecule has 0 unspecified atom stereocenters. The van der Waals surface area contributed by atoms with Crippen molar-refractivity contribution in [3.05, 3.63) is 93.1 Å². The van der Waals surface area contributed by atoms with E-state index in [0.29, 0.717) is 5.75 Å². The summed E-state index contributed by atoms with van der Waals surface area (Å²) < 4.78 is 0. The smallest absolute Gasteiger partial charge is 0.186 e. The van der Waals surface area contributed by atoms with Crippen molar-refractivity contribution in [3.8, 4) is 5.75 Å². The van der Waals surface area contributed by atoms with Gasteiger partial charge in [0.25, 0.3) is 0 Å². The van der Waals surface area contributed by atoms with E-state index in [-0.39, 0.29) is 27.4 Å². The third kappa shape index (κ3) is 6.48. The van der Waals surface area contributed by atoms with Crippen LogP contribution >= 0.6 is 0 Å². The second kappa shape index (κ2) is 10.3. The van der Waals surface area contributed by atoms with E-state index in [9.17, 15) is 9.90 Å². The Labute approximate surface area is 237 Å². The number of ketones is 1. The first-order chi connectivity index (χ1) is 17.7. The zero-order valence-corrected chi connectivity index (χ0v) is 26.7. The number of hydrogen-bond acceptors (Lipinski definition) is 2. The highest BCUT2D eigenvalue weighted by Gasteiger charge is 2.35. The van der Waals surface area contributed by atoms with Gasteiger partial charge in [-0.15, -0.1) is 0 Å². The van der Waals surface area contributed by atoms with Crippen LogP contribution in [0.5, 0.6) is 5.75 Å². The van der Waals surface area contributed by atoms with Crippen molar-refractivity contribution in [1.29, 1.82) is 0 Å². The predicted molar refractivity (Wildman–Crippen MR) is 167 cm³/mol. The van der Waals surface area contributed by atoms with E-state index in [2.05, 4.69) is 139 Å². The molecule has 0 atom stereocenters. The highest BCUT2D eigenvalue weighted by atomic mass is 16.3. The molecule has 0 bridgehead atoms. The zero-order chi connectivity index (χ0) is 29.7. The van der Waals surface area contributed by atoms with Crippen molar-refractivity contribution < 1.29 is 9.90 Å². The fraction of sp³-hybridized carbons (Fsp3) is 0.486. The number of carbonyl (C=O) groups is 1. The van der Waals surface area contributed by atoms with Gasteiger partial charge in [-0.3, -0.25) is 4.79 Å². The van der Waals surface area contributed by atoms with E-state index in [1.807, 2.05) is 0 Å². The highest BCUT2D eigenvalue weighted by molar-refractivity contribution is 6.12. The van der Waals surface area contributed by atoms with Crippen LogP contribution < -0.4 is 0 Å². The van der Waals surface area contributed by atoms with Gasteiger partial charge >= 0.3 is 0 Å². The fourth-order valence-electron chi connectivity index (χ4n) is 5.22. The van der Waals surface area contributed by atoms with Gasteiger partial charge in [-0.2, -0.15) is 0 Å². The number of carbonyl (C=O) groups excluding carboxylic acids is 1. The summed E-state index contributed by atoms with van der Waals surface area (Å²) >= 11 is 0. The maximum atomic E-state index is 13.8. The second-order valence-electron chi connectivity index (χ2n) is 15.2. The summed E-state index contributed by atoms with van der Waals surface area (Å²) in [6, 6.07) is 13.1. The molecule has 1 aliphatic rings. The fourth-order valence-corrected chi connectivity index (χ4v) is 5.22. The van der Waals surface area contributed by atoms with Crippen molar-refractivity contribution in [2.24, 2.45) is 10.8 Å². The number of phenolic OH excluding ortho intramolecular Hbond substituents is 1. The third-order valence-corrected chi connectivity index (χ3v) is 7.66. The molecule has 2 aromatic rings. The van der Waals surface area contributed by atoms with E-state index in [0.717, 1.165) is 51.0 Å². The first-order valence-electron chi connectivity index (χ1n) is 14.4. The molecule has 0 heterocycles. The molecule has 2 heteroatoms. The average molecular weight is 527 g/mol. The maximum absolute atomic E-state index is 13.8. The number of phenols is 1. The van der Waals surface area contributed by atoms with Crippen molar-refractivity contribution in [2.45, 2.75) is 107 Å². The van der Waals surface area contributed by atoms with Gasteiger partial charge in [0.1, 0.15) is 5.75 Å². The minimum atomic E-state index is -0.299. The van der Waals surface area contributed by atoms with E-state index in [4.69, 9.17) is 0 Å². The van der Waals surface area contributed by atoms with Crippen LogP contribution in [-0.4, -0.2) is 10.9 Å². The van der Waals surface area contributed by atoms with Crippen LogP contribution in [0.25, 0.3) is 5.57 Å². The van der Waals surface area contributed by atoms with Crippen molar-refractivity contribution >= 4 is 11.4 Å². The SMILES string of the molecule is CCc1ccc(C(=C2C=C(C(C)(C)C)C(=O)C(C(C)(C)C)=C2)c2cc(C(C)(C)C)c(O)c(C(C)(C)C)c2)cc1. The minimum absolute atomic E-state index is 0.135. The first kappa shape index (κ1) is 30.7. The molecule has 1 aliphatic carbocycles. The Morgan fingerprint density at radius 3 is 1.38 bits per heavy atom. The molecule has 2 nitrogen and oxygen atoms in total. The molecule has 39 heavy (non-hydrogen) atoms. The number of benzene rings is 2. The Kier molecular flexibility index (Phi) is 8.07. The van der Waals surface area contributed by atoms with Crippen molar-refractivity contribution in [2.75, 3.05) is 0 Å². The summed E-state index contributed by atoms with van der Waals surface area (Å²) in [7, 11) is 0. The van der Waals surface area contributed by atoms with Gasteiger partial charge in [-0.05, 0) is 80.2 Å². The summed E-state index contributed by atoms with van der Waals surface area (Å²) in [5, 5.41) is 11.5. The molecule has 2 aromatic carbocycles. The Balaban J connectivity index is 2.57. The van der Waals surface area contributed by atoms with E-state index < -0.39 is 0 Å². The topological polar surface area (TPSA) is 37.3 Å². The maximum Gasteiger partial charge on any atom is 0.186 e. The number of rotatable bonds is 3. The molecule has 0 fully saturated rings. The summed E-state index contributed by atoms with van der Waals surface area (Å²) in [5.41, 5.74) is 8.02. The van der Waals surface area contributed by atoms with Crippen LogP contribution in [0.3, 0.4) is 0 Å². The normalized spacial score (nSPS) is 15.3.